The summed E-state index contributed by atoms with van der Waals surface area (Å²) in [6.07, 6.45) is 1.99. The monoisotopic (exact) mass is 242 g/mol. The Hall–Kier alpha value is -1.03. The Labute approximate surface area is 102 Å². The molecule has 1 aromatic rings. The molecule has 0 N–H and O–H groups in total. The van der Waals surface area contributed by atoms with Crippen LogP contribution >= 0.6 is 12.6 Å². The Morgan fingerprint density at radius 2 is 1.56 bits per heavy atom. The van der Waals surface area contributed by atoms with Gasteiger partial charge in [-0.25, -0.2) is 0 Å². The number of hydrogen-bond donors (Lipinski definition) is 1. The van der Waals surface area contributed by atoms with Crippen molar-refractivity contribution in [2.24, 2.45) is 0 Å². The first kappa shape index (κ1) is 13.0. The van der Waals surface area contributed by atoms with Crippen molar-refractivity contribution in [1.29, 1.82) is 0 Å². The fourth-order valence-corrected chi connectivity index (χ4v) is 1.72. The van der Waals surface area contributed by atoms with E-state index in [4.69, 9.17) is 14.2 Å². The Morgan fingerprint density at radius 3 is 1.94 bits per heavy atom. The number of benzene rings is 1. The number of methoxy groups -OCH3 is 3. The van der Waals surface area contributed by atoms with Gasteiger partial charge >= 0.3 is 0 Å². The molecule has 3 nitrogen and oxygen atoms in total. The molecule has 90 valence electrons. The molecule has 0 unspecified atom stereocenters. The maximum Gasteiger partial charge on any atom is 0.203 e. The first-order valence-corrected chi connectivity index (χ1v) is 5.79. The van der Waals surface area contributed by atoms with Crippen LogP contribution in [-0.4, -0.2) is 27.1 Å². The molecule has 0 saturated carbocycles. The lowest BCUT2D eigenvalue weighted by Gasteiger charge is -2.13. The SMILES string of the molecule is COc1cc(CCCS)cc(OC)c1OC. The molecule has 4 heteroatoms. The van der Waals surface area contributed by atoms with E-state index >= 15 is 0 Å². The minimum absolute atomic E-state index is 0.639. The fraction of sp³-hybridized carbons (Fsp3) is 0.500. The molecular formula is C12H18O3S. The quantitative estimate of drug-likeness (QED) is 0.777. The highest BCUT2D eigenvalue weighted by Crippen LogP contribution is 2.38. The Bertz CT molecular complexity index is 314. The van der Waals surface area contributed by atoms with Crippen molar-refractivity contribution < 1.29 is 14.2 Å². The summed E-state index contributed by atoms with van der Waals surface area (Å²) in [7, 11) is 4.85. The highest BCUT2D eigenvalue weighted by molar-refractivity contribution is 7.80. The van der Waals surface area contributed by atoms with Crippen LogP contribution in [0.2, 0.25) is 0 Å². The van der Waals surface area contributed by atoms with Gasteiger partial charge in [0.2, 0.25) is 5.75 Å². The van der Waals surface area contributed by atoms with Crippen molar-refractivity contribution in [2.45, 2.75) is 12.8 Å². The molecule has 0 radical (unpaired) electrons. The topological polar surface area (TPSA) is 27.7 Å². The van der Waals surface area contributed by atoms with E-state index < -0.39 is 0 Å². The third-order valence-electron chi connectivity index (χ3n) is 2.35. The van der Waals surface area contributed by atoms with Gasteiger partial charge < -0.3 is 14.2 Å². The predicted octanol–water partition coefficient (Wildman–Crippen LogP) is 2.57. The van der Waals surface area contributed by atoms with E-state index in [0.717, 1.165) is 18.6 Å². The molecule has 0 aromatic heterocycles. The second-order valence-corrected chi connectivity index (χ2v) is 3.81. The minimum atomic E-state index is 0.639. The highest BCUT2D eigenvalue weighted by Gasteiger charge is 2.12. The smallest absolute Gasteiger partial charge is 0.203 e. The van der Waals surface area contributed by atoms with Crippen molar-refractivity contribution >= 4 is 12.6 Å². The number of rotatable bonds is 6. The lowest BCUT2D eigenvalue weighted by molar-refractivity contribution is 0.324. The second-order valence-electron chi connectivity index (χ2n) is 3.36. The van der Waals surface area contributed by atoms with Crippen LogP contribution < -0.4 is 14.2 Å². The average Bonchev–Trinajstić information content (AvgIpc) is 2.34. The van der Waals surface area contributed by atoms with Gasteiger partial charge in [0.25, 0.3) is 0 Å². The fourth-order valence-electron chi connectivity index (χ4n) is 1.56. The molecule has 0 amide bonds. The van der Waals surface area contributed by atoms with Gasteiger partial charge in [0, 0.05) is 0 Å². The third kappa shape index (κ3) is 2.98. The zero-order chi connectivity index (χ0) is 12.0. The van der Waals surface area contributed by atoms with Gasteiger partial charge in [0.05, 0.1) is 21.3 Å². The first-order valence-electron chi connectivity index (χ1n) is 5.16. The van der Waals surface area contributed by atoms with Crippen molar-refractivity contribution in [3.8, 4) is 17.2 Å². The maximum atomic E-state index is 5.28. The molecule has 0 atom stereocenters. The molecule has 1 aromatic carbocycles. The number of aryl methyl sites for hydroxylation is 1. The van der Waals surface area contributed by atoms with Gasteiger partial charge in [0.1, 0.15) is 0 Å². The highest BCUT2D eigenvalue weighted by atomic mass is 32.1. The van der Waals surface area contributed by atoms with Gasteiger partial charge in [-0.15, -0.1) is 0 Å². The lowest BCUT2D eigenvalue weighted by atomic mass is 10.1. The molecule has 0 aliphatic rings. The Balaban J connectivity index is 3.05. The molecule has 0 saturated heterocycles. The molecule has 0 aliphatic heterocycles. The normalized spacial score (nSPS) is 10.0. The summed E-state index contributed by atoms with van der Waals surface area (Å²) in [6, 6.07) is 3.95. The molecule has 0 spiro atoms. The van der Waals surface area contributed by atoms with Crippen LogP contribution in [0.5, 0.6) is 17.2 Å². The van der Waals surface area contributed by atoms with Crippen LogP contribution in [0.25, 0.3) is 0 Å². The van der Waals surface area contributed by atoms with E-state index in [9.17, 15) is 0 Å². The maximum absolute atomic E-state index is 5.28. The van der Waals surface area contributed by atoms with Crippen LogP contribution in [0.4, 0.5) is 0 Å². The van der Waals surface area contributed by atoms with E-state index in [1.807, 2.05) is 12.1 Å². The number of thiol groups is 1. The van der Waals surface area contributed by atoms with E-state index in [2.05, 4.69) is 12.6 Å². The summed E-state index contributed by atoms with van der Waals surface area (Å²) >= 11 is 4.20. The first-order chi connectivity index (χ1) is 7.76. The lowest BCUT2D eigenvalue weighted by Crippen LogP contribution is -1.97. The van der Waals surface area contributed by atoms with Crippen LogP contribution in [0, 0.1) is 0 Å². The van der Waals surface area contributed by atoms with Crippen LogP contribution in [0.1, 0.15) is 12.0 Å². The largest absolute Gasteiger partial charge is 0.493 e. The van der Waals surface area contributed by atoms with Gasteiger partial charge in [0.15, 0.2) is 11.5 Å². The van der Waals surface area contributed by atoms with E-state index in [1.54, 1.807) is 21.3 Å². The Morgan fingerprint density at radius 1 is 1.00 bits per heavy atom. The summed E-state index contributed by atoms with van der Waals surface area (Å²) < 4.78 is 15.8. The van der Waals surface area contributed by atoms with Gasteiger partial charge in [-0.3, -0.25) is 0 Å². The molecule has 1 rings (SSSR count). The molecule has 16 heavy (non-hydrogen) atoms. The molecule has 0 heterocycles. The van der Waals surface area contributed by atoms with Gasteiger partial charge in [-0.2, -0.15) is 12.6 Å². The minimum Gasteiger partial charge on any atom is -0.493 e. The van der Waals surface area contributed by atoms with E-state index in [0.29, 0.717) is 17.2 Å². The second kappa shape index (κ2) is 6.53. The van der Waals surface area contributed by atoms with E-state index in [-0.39, 0.29) is 0 Å². The molecule has 0 bridgehead atoms. The third-order valence-corrected chi connectivity index (χ3v) is 2.66. The number of hydrogen-bond acceptors (Lipinski definition) is 4. The molecular weight excluding hydrogens is 224 g/mol. The van der Waals surface area contributed by atoms with Crippen molar-refractivity contribution in [3.05, 3.63) is 17.7 Å². The summed E-state index contributed by atoms with van der Waals surface area (Å²) in [5.74, 6) is 2.92. The van der Waals surface area contributed by atoms with Crippen molar-refractivity contribution in [3.63, 3.8) is 0 Å². The average molecular weight is 242 g/mol. The Kier molecular flexibility index (Phi) is 5.32. The number of ether oxygens (including phenoxy) is 3. The van der Waals surface area contributed by atoms with Crippen LogP contribution in [-0.2, 0) is 6.42 Å². The standard InChI is InChI=1S/C12H18O3S/c1-13-10-7-9(5-4-6-16)8-11(14-2)12(10)15-3/h7-8,16H,4-6H2,1-3H3. The van der Waals surface area contributed by atoms with Gasteiger partial charge in [-0.05, 0) is 36.3 Å². The van der Waals surface area contributed by atoms with Crippen LogP contribution in [0.15, 0.2) is 12.1 Å². The van der Waals surface area contributed by atoms with Crippen molar-refractivity contribution in [1.82, 2.24) is 0 Å². The summed E-state index contributed by atoms with van der Waals surface area (Å²) in [5, 5.41) is 0. The predicted molar refractivity (Wildman–Crippen MR) is 68.3 cm³/mol. The summed E-state index contributed by atoms with van der Waals surface area (Å²) in [6.45, 7) is 0. The summed E-state index contributed by atoms with van der Waals surface area (Å²) in [4.78, 5) is 0. The van der Waals surface area contributed by atoms with Crippen LogP contribution in [0.3, 0.4) is 0 Å². The molecule has 0 aliphatic carbocycles. The van der Waals surface area contributed by atoms with Gasteiger partial charge in [-0.1, -0.05) is 0 Å². The van der Waals surface area contributed by atoms with Crippen molar-refractivity contribution in [2.75, 3.05) is 27.1 Å². The molecule has 0 fully saturated rings. The summed E-state index contributed by atoms with van der Waals surface area (Å²) in [5.41, 5.74) is 1.17. The zero-order valence-electron chi connectivity index (χ0n) is 9.95. The zero-order valence-corrected chi connectivity index (χ0v) is 10.8. The van der Waals surface area contributed by atoms with E-state index in [1.165, 1.54) is 5.56 Å².